The fraction of sp³-hybridized carbons (Fsp3) is 0.316. The van der Waals surface area contributed by atoms with E-state index in [1.54, 1.807) is 0 Å². The van der Waals surface area contributed by atoms with Crippen molar-refractivity contribution in [3.05, 3.63) is 59.7 Å². The van der Waals surface area contributed by atoms with Crippen LogP contribution in [0.5, 0.6) is 5.75 Å². The lowest BCUT2D eigenvalue weighted by atomic mass is 10.1. The van der Waals surface area contributed by atoms with Gasteiger partial charge in [-0.2, -0.15) is 0 Å². The van der Waals surface area contributed by atoms with Crippen molar-refractivity contribution < 1.29 is 9.53 Å². The van der Waals surface area contributed by atoms with Gasteiger partial charge in [-0.3, -0.25) is 4.79 Å². The Morgan fingerprint density at radius 2 is 1.88 bits per heavy atom. The van der Waals surface area contributed by atoms with E-state index in [0.29, 0.717) is 13.2 Å². The van der Waals surface area contributed by atoms with E-state index in [1.165, 1.54) is 0 Å². The Labute approximate surface area is 150 Å². The van der Waals surface area contributed by atoms with E-state index in [0.717, 1.165) is 22.6 Å². The maximum absolute atomic E-state index is 12.1. The molecule has 0 bridgehead atoms. The number of hydrogen-bond donors (Lipinski definition) is 2. The Morgan fingerprint density at radius 3 is 2.50 bits per heavy atom. The highest BCUT2D eigenvalue weighted by molar-refractivity contribution is 5.93. The Hall–Kier alpha value is -2.04. The van der Waals surface area contributed by atoms with Crippen molar-refractivity contribution in [2.24, 2.45) is 5.92 Å². The third-order valence-electron chi connectivity index (χ3n) is 3.66. The van der Waals surface area contributed by atoms with Gasteiger partial charge in [-0.15, -0.1) is 12.4 Å². The molecule has 0 aliphatic heterocycles. The molecule has 0 saturated carbocycles. The van der Waals surface area contributed by atoms with Crippen LogP contribution in [0.1, 0.15) is 18.1 Å². The van der Waals surface area contributed by atoms with Crippen LogP contribution in [-0.4, -0.2) is 19.5 Å². The number of hydrogen-bond acceptors (Lipinski definition) is 3. The second kappa shape index (κ2) is 9.96. The lowest BCUT2D eigenvalue weighted by Crippen LogP contribution is -2.28. The summed E-state index contributed by atoms with van der Waals surface area (Å²) >= 11 is 0. The first-order valence-electron chi connectivity index (χ1n) is 7.83. The number of rotatable bonds is 7. The summed E-state index contributed by atoms with van der Waals surface area (Å²) in [6.07, 6.45) is 0. The monoisotopic (exact) mass is 348 g/mol. The lowest BCUT2D eigenvalue weighted by molar-refractivity contribution is -0.119. The normalized spacial score (nSPS) is 11.3. The summed E-state index contributed by atoms with van der Waals surface area (Å²) in [6, 6.07) is 15.8. The van der Waals surface area contributed by atoms with Crippen molar-refractivity contribution in [1.82, 2.24) is 5.32 Å². The zero-order chi connectivity index (χ0) is 16.7. The van der Waals surface area contributed by atoms with Gasteiger partial charge in [0, 0.05) is 18.2 Å². The summed E-state index contributed by atoms with van der Waals surface area (Å²) in [7, 11) is 1.84. The number of nitrogens with one attached hydrogen (secondary N) is 2. The molecule has 1 amide bonds. The minimum Gasteiger partial charge on any atom is -0.489 e. The molecule has 0 aliphatic carbocycles. The summed E-state index contributed by atoms with van der Waals surface area (Å²) in [6.45, 7) is 5.06. The largest absolute Gasteiger partial charge is 0.489 e. The van der Waals surface area contributed by atoms with Crippen LogP contribution in [0, 0.1) is 12.8 Å². The Bertz CT molecular complexity index is 647. The van der Waals surface area contributed by atoms with E-state index >= 15 is 0 Å². The van der Waals surface area contributed by atoms with Gasteiger partial charge in [-0.1, -0.05) is 37.3 Å². The molecule has 0 spiro atoms. The predicted octanol–water partition coefficient (Wildman–Crippen LogP) is 3.79. The third kappa shape index (κ3) is 5.87. The second-order valence-corrected chi connectivity index (χ2v) is 5.70. The molecule has 0 heterocycles. The molecule has 24 heavy (non-hydrogen) atoms. The third-order valence-corrected chi connectivity index (χ3v) is 3.66. The molecular formula is C19H25ClN2O2. The summed E-state index contributed by atoms with van der Waals surface area (Å²) in [5, 5.41) is 5.97. The van der Waals surface area contributed by atoms with Gasteiger partial charge in [0.25, 0.3) is 0 Å². The number of carbonyl (C=O) groups is 1. The molecule has 1 unspecified atom stereocenters. The standard InChI is InChI=1S/C19H24N2O2.ClH/c1-14-11-17(23-13-16-7-5-4-6-8-16)9-10-18(14)21-19(22)15(2)12-20-3;/h4-11,15,20H,12-13H2,1-3H3,(H,21,22);1H. The quantitative estimate of drug-likeness (QED) is 0.800. The topological polar surface area (TPSA) is 50.4 Å². The maximum Gasteiger partial charge on any atom is 0.228 e. The van der Waals surface area contributed by atoms with Crippen LogP contribution in [0.25, 0.3) is 0 Å². The molecule has 2 aromatic carbocycles. The Kier molecular flexibility index (Phi) is 8.30. The van der Waals surface area contributed by atoms with Crippen molar-refractivity contribution >= 4 is 24.0 Å². The average molecular weight is 349 g/mol. The highest BCUT2D eigenvalue weighted by atomic mass is 35.5. The first-order valence-corrected chi connectivity index (χ1v) is 7.83. The molecule has 0 fully saturated rings. The first kappa shape index (κ1) is 20.0. The van der Waals surface area contributed by atoms with E-state index < -0.39 is 0 Å². The molecule has 5 heteroatoms. The molecule has 2 N–H and O–H groups in total. The van der Waals surface area contributed by atoms with Gasteiger partial charge in [-0.05, 0) is 43.3 Å². The zero-order valence-electron chi connectivity index (χ0n) is 14.3. The lowest BCUT2D eigenvalue weighted by Gasteiger charge is -2.14. The van der Waals surface area contributed by atoms with Crippen LogP contribution >= 0.6 is 12.4 Å². The molecule has 130 valence electrons. The van der Waals surface area contributed by atoms with Crippen LogP contribution in [0.2, 0.25) is 0 Å². The number of amides is 1. The fourth-order valence-electron chi connectivity index (χ4n) is 2.26. The Morgan fingerprint density at radius 1 is 1.17 bits per heavy atom. The van der Waals surface area contributed by atoms with Crippen molar-refractivity contribution in [3.63, 3.8) is 0 Å². The predicted molar refractivity (Wildman–Crippen MR) is 101 cm³/mol. The average Bonchev–Trinajstić information content (AvgIpc) is 2.56. The highest BCUT2D eigenvalue weighted by Crippen LogP contribution is 2.22. The minimum atomic E-state index is -0.0755. The van der Waals surface area contributed by atoms with E-state index in [4.69, 9.17) is 4.74 Å². The van der Waals surface area contributed by atoms with Crippen LogP contribution in [0.4, 0.5) is 5.69 Å². The SMILES string of the molecule is CNCC(C)C(=O)Nc1ccc(OCc2ccccc2)cc1C.Cl. The summed E-state index contributed by atoms with van der Waals surface area (Å²) < 4.78 is 5.80. The van der Waals surface area contributed by atoms with Gasteiger partial charge >= 0.3 is 0 Å². The van der Waals surface area contributed by atoms with E-state index in [-0.39, 0.29) is 24.2 Å². The van der Waals surface area contributed by atoms with Crippen molar-refractivity contribution in [1.29, 1.82) is 0 Å². The van der Waals surface area contributed by atoms with E-state index in [1.807, 2.05) is 69.4 Å². The van der Waals surface area contributed by atoms with Crippen LogP contribution < -0.4 is 15.4 Å². The van der Waals surface area contributed by atoms with Gasteiger partial charge in [0.15, 0.2) is 0 Å². The smallest absolute Gasteiger partial charge is 0.228 e. The number of anilines is 1. The maximum atomic E-state index is 12.1. The van der Waals surface area contributed by atoms with E-state index in [2.05, 4.69) is 10.6 Å². The van der Waals surface area contributed by atoms with E-state index in [9.17, 15) is 4.79 Å². The zero-order valence-corrected chi connectivity index (χ0v) is 15.2. The molecule has 1 atom stereocenters. The van der Waals surface area contributed by atoms with Gasteiger partial charge in [-0.25, -0.2) is 0 Å². The minimum absolute atomic E-state index is 0. The number of benzene rings is 2. The molecule has 0 radical (unpaired) electrons. The molecule has 0 saturated heterocycles. The van der Waals surface area contributed by atoms with Gasteiger partial charge in [0.05, 0.1) is 0 Å². The molecule has 0 aromatic heterocycles. The highest BCUT2D eigenvalue weighted by Gasteiger charge is 2.13. The number of carbonyl (C=O) groups excluding carboxylic acids is 1. The molecule has 2 rings (SSSR count). The second-order valence-electron chi connectivity index (χ2n) is 5.70. The van der Waals surface area contributed by atoms with Crippen molar-refractivity contribution in [2.45, 2.75) is 20.5 Å². The fourth-order valence-corrected chi connectivity index (χ4v) is 2.26. The molecule has 4 nitrogen and oxygen atoms in total. The number of aryl methyl sites for hydroxylation is 1. The number of halogens is 1. The summed E-state index contributed by atoms with van der Waals surface area (Å²) in [5.41, 5.74) is 2.94. The summed E-state index contributed by atoms with van der Waals surface area (Å²) in [5.74, 6) is 0.737. The summed E-state index contributed by atoms with van der Waals surface area (Å²) in [4.78, 5) is 12.1. The van der Waals surface area contributed by atoms with Crippen LogP contribution in [-0.2, 0) is 11.4 Å². The molecule has 0 aliphatic rings. The molecule has 2 aromatic rings. The van der Waals surface area contributed by atoms with Crippen molar-refractivity contribution in [2.75, 3.05) is 18.9 Å². The molecular weight excluding hydrogens is 324 g/mol. The first-order chi connectivity index (χ1) is 11.1. The van der Waals surface area contributed by atoms with Gasteiger partial charge < -0.3 is 15.4 Å². The van der Waals surface area contributed by atoms with Crippen molar-refractivity contribution in [3.8, 4) is 5.75 Å². The number of ether oxygens (including phenoxy) is 1. The Balaban J connectivity index is 0.00000288. The van der Waals surface area contributed by atoms with Gasteiger partial charge in [0.1, 0.15) is 12.4 Å². The van der Waals surface area contributed by atoms with Crippen LogP contribution in [0.3, 0.4) is 0 Å². The van der Waals surface area contributed by atoms with Gasteiger partial charge in [0.2, 0.25) is 5.91 Å². The van der Waals surface area contributed by atoms with Crippen LogP contribution in [0.15, 0.2) is 48.5 Å².